The summed E-state index contributed by atoms with van der Waals surface area (Å²) in [4.78, 5) is 29.4. The fourth-order valence-electron chi connectivity index (χ4n) is 2.89. The predicted octanol–water partition coefficient (Wildman–Crippen LogP) is -0.658. The Morgan fingerprint density at radius 1 is 1.23 bits per heavy atom. The number of nitrogens with two attached hydrogens (primary N) is 3. The number of aryl methyl sites for hydroxylation is 2. The van der Waals surface area contributed by atoms with Gasteiger partial charge in [0.25, 0.3) is 5.56 Å². The van der Waals surface area contributed by atoms with Gasteiger partial charge in [0.2, 0.25) is 11.9 Å². The largest absolute Gasteiger partial charge is 0.397 e. The van der Waals surface area contributed by atoms with Crippen LogP contribution in [-0.2, 0) is 31.8 Å². The average Bonchev–Trinajstić information content (AvgIpc) is 2.66. The summed E-state index contributed by atoms with van der Waals surface area (Å²) in [6.07, 6.45) is 0. The molecule has 0 aliphatic rings. The summed E-state index contributed by atoms with van der Waals surface area (Å²) in [5.41, 5.74) is 16.8. The first kappa shape index (κ1) is 23.7. The van der Waals surface area contributed by atoms with Gasteiger partial charge in [-0.15, -0.1) is 0 Å². The van der Waals surface area contributed by atoms with Crippen LogP contribution in [0.3, 0.4) is 0 Å². The quantitative estimate of drug-likeness (QED) is 0.168. The number of aromatic nitrogens is 1. The van der Waals surface area contributed by atoms with Gasteiger partial charge in [-0.1, -0.05) is 24.3 Å². The Labute approximate surface area is 179 Å². The van der Waals surface area contributed by atoms with Gasteiger partial charge in [-0.05, 0) is 36.2 Å². The third kappa shape index (κ3) is 6.22. The first-order chi connectivity index (χ1) is 14.5. The molecule has 1 aromatic carbocycles. The van der Waals surface area contributed by atoms with Crippen molar-refractivity contribution in [1.29, 1.82) is 0 Å². The molecule has 0 saturated heterocycles. The second kappa shape index (κ2) is 9.98. The van der Waals surface area contributed by atoms with Crippen LogP contribution in [0.5, 0.6) is 0 Å². The fourth-order valence-corrected chi connectivity index (χ4v) is 4.56. The minimum absolute atomic E-state index is 0.00924. The van der Waals surface area contributed by atoms with Gasteiger partial charge < -0.3 is 31.9 Å². The second-order valence-electron chi connectivity index (χ2n) is 6.85. The highest BCUT2D eigenvalue weighted by Crippen LogP contribution is 2.21. The Balaban J connectivity index is 2.25. The van der Waals surface area contributed by atoms with Crippen LogP contribution in [0.2, 0.25) is 0 Å². The Kier molecular flexibility index (Phi) is 7.64. The van der Waals surface area contributed by atoms with Crippen LogP contribution in [0.4, 0.5) is 5.69 Å². The molecule has 31 heavy (non-hydrogen) atoms. The second-order valence-corrected chi connectivity index (χ2v) is 8.77. The molecule has 0 saturated carbocycles. The summed E-state index contributed by atoms with van der Waals surface area (Å²) < 4.78 is 27.1. The molecule has 0 unspecified atom stereocenters. The lowest BCUT2D eigenvalue weighted by molar-refractivity contribution is -0.122. The summed E-state index contributed by atoms with van der Waals surface area (Å²) >= 11 is 0. The van der Waals surface area contributed by atoms with E-state index >= 15 is 0 Å². The van der Waals surface area contributed by atoms with Crippen LogP contribution in [-0.4, -0.2) is 38.0 Å². The number of anilines is 1. The summed E-state index contributed by atoms with van der Waals surface area (Å²) in [5, 5.41) is 5.83. The first-order valence-electron chi connectivity index (χ1n) is 9.27. The van der Waals surface area contributed by atoms with Gasteiger partial charge in [0.1, 0.15) is 13.2 Å². The SMILES string of the molecule is Cc1ccccc1CS(=O)(=O)c1c(N)cc(C)n(CC(=O)NCCON=C(N)N)c1=O. The third-order valence-electron chi connectivity index (χ3n) is 4.40. The topological polar surface area (TPSA) is 185 Å². The molecule has 11 nitrogen and oxygen atoms in total. The van der Waals surface area contributed by atoms with E-state index in [1.54, 1.807) is 38.1 Å². The van der Waals surface area contributed by atoms with Crippen molar-refractivity contribution in [1.82, 2.24) is 9.88 Å². The van der Waals surface area contributed by atoms with E-state index in [0.29, 0.717) is 11.3 Å². The number of hydrogen-bond acceptors (Lipinski definition) is 7. The normalized spacial score (nSPS) is 11.0. The number of nitrogen functional groups attached to an aromatic ring is 1. The molecular weight excluding hydrogens is 424 g/mol. The molecule has 0 aliphatic carbocycles. The lowest BCUT2D eigenvalue weighted by Gasteiger charge is -2.15. The van der Waals surface area contributed by atoms with E-state index in [4.69, 9.17) is 22.0 Å². The molecule has 2 aromatic rings. The van der Waals surface area contributed by atoms with E-state index in [9.17, 15) is 18.0 Å². The fraction of sp³-hybridized carbons (Fsp3) is 0.316. The Morgan fingerprint density at radius 2 is 1.90 bits per heavy atom. The van der Waals surface area contributed by atoms with Crippen molar-refractivity contribution in [3.8, 4) is 0 Å². The zero-order valence-corrected chi connectivity index (χ0v) is 18.1. The van der Waals surface area contributed by atoms with Crippen molar-refractivity contribution in [3.05, 3.63) is 57.5 Å². The van der Waals surface area contributed by atoms with E-state index in [1.165, 1.54) is 6.07 Å². The summed E-state index contributed by atoms with van der Waals surface area (Å²) in [7, 11) is -4.05. The molecule has 168 valence electrons. The summed E-state index contributed by atoms with van der Waals surface area (Å²) in [5.74, 6) is -1.16. The molecule has 7 N–H and O–H groups in total. The number of carbonyl (C=O) groups excluding carboxylic acids is 1. The number of rotatable bonds is 9. The number of nitrogens with zero attached hydrogens (tertiary/aromatic N) is 2. The maximum Gasteiger partial charge on any atom is 0.272 e. The molecule has 0 atom stereocenters. The van der Waals surface area contributed by atoms with Gasteiger partial charge in [0, 0.05) is 5.69 Å². The minimum atomic E-state index is -4.05. The summed E-state index contributed by atoms with van der Waals surface area (Å²) in [6, 6.07) is 8.33. The van der Waals surface area contributed by atoms with Gasteiger partial charge in [-0.2, -0.15) is 0 Å². The number of hydrogen-bond donors (Lipinski definition) is 4. The van der Waals surface area contributed by atoms with Gasteiger partial charge in [-0.3, -0.25) is 9.59 Å². The molecular formula is C19H26N6O5S. The standard InChI is InChI=1S/C19H26N6O5S/c1-12-5-3-4-6-14(12)11-31(28,29)17-15(20)9-13(2)25(18(17)27)10-16(26)23-7-8-30-24-19(21)22/h3-6,9H,7-8,10-11,20H2,1-2H3,(H,23,26)(H4,21,22,24). The Hall–Kier alpha value is -3.54. The highest BCUT2D eigenvalue weighted by Gasteiger charge is 2.26. The van der Waals surface area contributed by atoms with E-state index in [1.807, 2.05) is 0 Å². The molecule has 0 fully saturated rings. The zero-order valence-electron chi connectivity index (χ0n) is 17.3. The predicted molar refractivity (Wildman–Crippen MR) is 117 cm³/mol. The molecule has 0 aliphatic heterocycles. The van der Waals surface area contributed by atoms with Crippen molar-refractivity contribution in [3.63, 3.8) is 0 Å². The molecule has 12 heteroatoms. The Bertz CT molecular complexity index is 1150. The van der Waals surface area contributed by atoms with Crippen molar-refractivity contribution in [2.75, 3.05) is 18.9 Å². The molecule has 0 radical (unpaired) electrons. The molecule has 2 rings (SSSR count). The van der Waals surface area contributed by atoms with Crippen LogP contribution in [0.25, 0.3) is 0 Å². The number of guanidine groups is 1. The maximum absolute atomic E-state index is 13.0. The van der Waals surface area contributed by atoms with E-state index in [2.05, 4.69) is 10.5 Å². The molecule has 1 amide bonds. The smallest absolute Gasteiger partial charge is 0.272 e. The minimum Gasteiger partial charge on any atom is -0.397 e. The third-order valence-corrected chi connectivity index (χ3v) is 6.12. The number of amides is 1. The Morgan fingerprint density at radius 3 is 2.55 bits per heavy atom. The van der Waals surface area contributed by atoms with Crippen LogP contribution in [0, 0.1) is 13.8 Å². The lowest BCUT2D eigenvalue weighted by Crippen LogP contribution is -2.37. The zero-order chi connectivity index (χ0) is 23.2. The van der Waals surface area contributed by atoms with E-state index in [0.717, 1.165) is 10.1 Å². The molecule has 0 spiro atoms. The van der Waals surface area contributed by atoms with Gasteiger partial charge in [-0.25, -0.2) is 8.42 Å². The van der Waals surface area contributed by atoms with Gasteiger partial charge >= 0.3 is 0 Å². The van der Waals surface area contributed by atoms with E-state index < -0.39 is 26.2 Å². The monoisotopic (exact) mass is 450 g/mol. The van der Waals surface area contributed by atoms with Crippen LogP contribution < -0.4 is 28.1 Å². The number of oxime groups is 1. The van der Waals surface area contributed by atoms with Crippen molar-refractivity contribution >= 4 is 27.4 Å². The molecule has 0 bridgehead atoms. The van der Waals surface area contributed by atoms with Crippen LogP contribution >= 0.6 is 0 Å². The average molecular weight is 451 g/mol. The van der Waals surface area contributed by atoms with Crippen molar-refractivity contribution in [2.45, 2.75) is 31.0 Å². The number of nitrogens with one attached hydrogen (secondary N) is 1. The highest BCUT2D eigenvalue weighted by molar-refractivity contribution is 7.90. The maximum atomic E-state index is 13.0. The first-order valence-corrected chi connectivity index (χ1v) is 10.9. The number of benzene rings is 1. The van der Waals surface area contributed by atoms with Gasteiger partial charge in [0.15, 0.2) is 14.7 Å². The van der Waals surface area contributed by atoms with E-state index in [-0.39, 0.29) is 37.1 Å². The van der Waals surface area contributed by atoms with Gasteiger partial charge in [0.05, 0.1) is 18.0 Å². The van der Waals surface area contributed by atoms with Crippen LogP contribution in [0.1, 0.15) is 16.8 Å². The lowest BCUT2D eigenvalue weighted by atomic mass is 10.1. The number of carbonyl (C=O) groups is 1. The van der Waals surface area contributed by atoms with Crippen LogP contribution in [0.15, 0.2) is 45.2 Å². The van der Waals surface area contributed by atoms with Crippen molar-refractivity contribution < 1.29 is 18.0 Å². The number of sulfone groups is 1. The molecule has 1 aromatic heterocycles. The highest BCUT2D eigenvalue weighted by atomic mass is 32.2. The summed E-state index contributed by atoms with van der Waals surface area (Å²) in [6.45, 7) is 3.04. The molecule has 1 heterocycles. The number of pyridine rings is 1. The van der Waals surface area contributed by atoms with Crippen molar-refractivity contribution in [2.24, 2.45) is 16.6 Å².